The number of thiazole rings is 1. The first-order valence-corrected chi connectivity index (χ1v) is 8.37. The first-order valence-electron chi connectivity index (χ1n) is 7.49. The summed E-state index contributed by atoms with van der Waals surface area (Å²) in [6, 6.07) is 11.6. The maximum atomic E-state index is 13.3. The van der Waals surface area contributed by atoms with Gasteiger partial charge in [0.1, 0.15) is 17.3 Å². The molecule has 0 bridgehead atoms. The number of halogens is 1. The largest absolute Gasteiger partial charge is 0.497 e. The molecule has 0 aliphatic rings. The van der Waals surface area contributed by atoms with Crippen molar-refractivity contribution in [3.05, 3.63) is 64.9 Å². The Hall–Kier alpha value is -2.93. The van der Waals surface area contributed by atoms with E-state index in [2.05, 4.69) is 15.6 Å². The van der Waals surface area contributed by atoms with E-state index in [1.54, 1.807) is 25.5 Å². The van der Waals surface area contributed by atoms with E-state index in [4.69, 9.17) is 4.74 Å². The number of aromatic nitrogens is 1. The summed E-state index contributed by atoms with van der Waals surface area (Å²) in [5.74, 6) is -0.0241. The highest BCUT2D eigenvalue weighted by molar-refractivity contribution is 7.14. The van der Waals surface area contributed by atoms with Crippen LogP contribution in [0.4, 0.5) is 20.9 Å². The number of methoxy groups -OCH3 is 1. The molecule has 3 aromatic rings. The van der Waals surface area contributed by atoms with Gasteiger partial charge in [0.25, 0.3) is 5.91 Å². The molecule has 0 spiro atoms. The molecule has 2 aromatic carbocycles. The third-order valence-electron chi connectivity index (χ3n) is 3.53. The lowest BCUT2D eigenvalue weighted by Gasteiger charge is -2.07. The molecule has 0 fully saturated rings. The van der Waals surface area contributed by atoms with Crippen molar-refractivity contribution in [1.82, 2.24) is 4.98 Å². The Bertz CT molecular complexity index is 894. The zero-order valence-electron chi connectivity index (χ0n) is 13.7. The lowest BCUT2D eigenvalue weighted by atomic mass is 10.2. The average Bonchev–Trinajstić information content (AvgIpc) is 3.07. The highest BCUT2D eigenvalue weighted by Gasteiger charge is 2.13. The van der Waals surface area contributed by atoms with Crippen LogP contribution in [0.25, 0.3) is 0 Å². The van der Waals surface area contributed by atoms with Gasteiger partial charge in [0, 0.05) is 16.8 Å². The average molecular weight is 357 g/mol. The summed E-state index contributed by atoms with van der Waals surface area (Å²) in [5, 5.41) is 8.04. The SMILES string of the molecule is COc1ccc(Nc2nc(C(=O)Nc3cc(F)ccc3C)cs2)cc1. The summed E-state index contributed by atoms with van der Waals surface area (Å²) in [4.78, 5) is 16.6. The molecule has 5 nitrogen and oxygen atoms in total. The van der Waals surface area contributed by atoms with Gasteiger partial charge in [0.2, 0.25) is 0 Å². The zero-order chi connectivity index (χ0) is 17.8. The van der Waals surface area contributed by atoms with E-state index in [9.17, 15) is 9.18 Å². The fourth-order valence-corrected chi connectivity index (χ4v) is 2.86. The number of anilines is 3. The monoisotopic (exact) mass is 357 g/mol. The van der Waals surface area contributed by atoms with Gasteiger partial charge in [-0.1, -0.05) is 6.07 Å². The highest BCUT2D eigenvalue weighted by Crippen LogP contribution is 2.24. The summed E-state index contributed by atoms with van der Waals surface area (Å²) >= 11 is 1.31. The van der Waals surface area contributed by atoms with Crippen molar-refractivity contribution in [3.8, 4) is 5.75 Å². The third-order valence-corrected chi connectivity index (χ3v) is 4.28. The molecule has 1 aromatic heterocycles. The van der Waals surface area contributed by atoms with Crippen molar-refractivity contribution in [2.24, 2.45) is 0 Å². The molecule has 128 valence electrons. The molecular formula is C18H16FN3O2S. The van der Waals surface area contributed by atoms with Crippen LogP contribution in [-0.4, -0.2) is 18.0 Å². The van der Waals surface area contributed by atoms with Gasteiger partial charge in [-0.05, 0) is 48.9 Å². The molecule has 3 rings (SSSR count). The van der Waals surface area contributed by atoms with Crippen molar-refractivity contribution in [3.63, 3.8) is 0 Å². The van der Waals surface area contributed by atoms with Crippen molar-refractivity contribution in [1.29, 1.82) is 0 Å². The van der Waals surface area contributed by atoms with Crippen molar-refractivity contribution >= 4 is 33.8 Å². The summed E-state index contributed by atoms with van der Waals surface area (Å²) in [7, 11) is 1.61. The van der Waals surface area contributed by atoms with Gasteiger partial charge in [0.15, 0.2) is 5.13 Å². The lowest BCUT2D eigenvalue weighted by Crippen LogP contribution is -2.13. The molecule has 0 saturated heterocycles. The normalized spacial score (nSPS) is 10.4. The number of hydrogen-bond donors (Lipinski definition) is 2. The predicted octanol–water partition coefficient (Wildman–Crippen LogP) is 4.60. The van der Waals surface area contributed by atoms with Gasteiger partial charge in [-0.2, -0.15) is 0 Å². The van der Waals surface area contributed by atoms with Crippen LogP contribution in [-0.2, 0) is 0 Å². The van der Waals surface area contributed by atoms with Crippen LogP contribution in [0.15, 0.2) is 47.8 Å². The number of carbonyl (C=O) groups excluding carboxylic acids is 1. The molecule has 0 aliphatic carbocycles. The number of carbonyl (C=O) groups is 1. The Kier molecular flexibility index (Phi) is 4.95. The zero-order valence-corrected chi connectivity index (χ0v) is 14.5. The summed E-state index contributed by atoms with van der Waals surface area (Å²) in [6.45, 7) is 1.80. The topological polar surface area (TPSA) is 63.2 Å². The second-order valence-electron chi connectivity index (χ2n) is 5.30. The highest BCUT2D eigenvalue weighted by atomic mass is 32.1. The molecule has 1 amide bonds. The number of amides is 1. The van der Waals surface area contributed by atoms with Crippen LogP contribution < -0.4 is 15.4 Å². The number of benzene rings is 2. The summed E-state index contributed by atoms with van der Waals surface area (Å²) in [6.07, 6.45) is 0. The fraction of sp³-hybridized carbons (Fsp3) is 0.111. The Morgan fingerprint density at radius 1 is 1.20 bits per heavy atom. The molecule has 0 unspecified atom stereocenters. The van der Waals surface area contributed by atoms with E-state index in [0.29, 0.717) is 10.8 Å². The number of ether oxygens (including phenoxy) is 1. The smallest absolute Gasteiger partial charge is 0.275 e. The first kappa shape index (κ1) is 16.9. The molecule has 0 aliphatic heterocycles. The molecule has 1 heterocycles. The molecule has 7 heteroatoms. The molecule has 0 atom stereocenters. The van der Waals surface area contributed by atoms with Crippen LogP contribution in [0.3, 0.4) is 0 Å². The maximum Gasteiger partial charge on any atom is 0.275 e. The second kappa shape index (κ2) is 7.31. The van der Waals surface area contributed by atoms with Crippen LogP contribution in [0.5, 0.6) is 5.75 Å². The molecule has 0 saturated carbocycles. The van der Waals surface area contributed by atoms with Gasteiger partial charge in [-0.3, -0.25) is 4.79 Å². The minimum absolute atomic E-state index is 0.268. The van der Waals surface area contributed by atoms with Gasteiger partial charge in [-0.15, -0.1) is 11.3 Å². The molecule has 25 heavy (non-hydrogen) atoms. The van der Waals surface area contributed by atoms with Crippen LogP contribution in [0.1, 0.15) is 16.1 Å². The third kappa shape index (κ3) is 4.13. The van der Waals surface area contributed by atoms with Gasteiger partial charge in [-0.25, -0.2) is 9.37 Å². The van der Waals surface area contributed by atoms with E-state index < -0.39 is 5.82 Å². The molecular weight excluding hydrogens is 341 g/mol. The number of nitrogens with zero attached hydrogens (tertiary/aromatic N) is 1. The standard InChI is InChI=1S/C18H16FN3O2S/c1-11-3-4-12(19)9-15(11)21-17(23)16-10-25-18(22-16)20-13-5-7-14(24-2)8-6-13/h3-10H,1-2H3,(H,20,22)(H,21,23). The van der Waals surface area contributed by atoms with Gasteiger partial charge in [0.05, 0.1) is 7.11 Å². The van der Waals surface area contributed by atoms with E-state index >= 15 is 0 Å². The number of nitrogens with one attached hydrogen (secondary N) is 2. The van der Waals surface area contributed by atoms with E-state index in [1.807, 2.05) is 24.3 Å². The minimum atomic E-state index is -0.402. The molecule has 0 radical (unpaired) electrons. The van der Waals surface area contributed by atoms with Crippen molar-refractivity contribution in [2.75, 3.05) is 17.7 Å². The fourth-order valence-electron chi connectivity index (χ4n) is 2.15. The van der Waals surface area contributed by atoms with Crippen LogP contribution >= 0.6 is 11.3 Å². The summed E-state index contributed by atoms with van der Waals surface area (Å²) in [5.41, 5.74) is 2.32. The Morgan fingerprint density at radius 3 is 2.68 bits per heavy atom. The van der Waals surface area contributed by atoms with Crippen LogP contribution in [0, 0.1) is 12.7 Å². The van der Waals surface area contributed by atoms with E-state index in [1.165, 1.54) is 23.5 Å². The van der Waals surface area contributed by atoms with E-state index in [0.717, 1.165) is 17.0 Å². The van der Waals surface area contributed by atoms with Crippen molar-refractivity contribution < 1.29 is 13.9 Å². The predicted molar refractivity (Wildman–Crippen MR) is 97.5 cm³/mol. The minimum Gasteiger partial charge on any atom is -0.497 e. The molecule has 2 N–H and O–H groups in total. The first-order chi connectivity index (χ1) is 12.0. The van der Waals surface area contributed by atoms with Gasteiger partial charge < -0.3 is 15.4 Å². The van der Waals surface area contributed by atoms with Gasteiger partial charge >= 0.3 is 0 Å². The number of rotatable bonds is 5. The Labute approximate surface area is 148 Å². The number of hydrogen-bond acceptors (Lipinski definition) is 5. The Balaban J connectivity index is 1.69. The van der Waals surface area contributed by atoms with E-state index in [-0.39, 0.29) is 11.6 Å². The quantitative estimate of drug-likeness (QED) is 0.701. The Morgan fingerprint density at radius 2 is 1.96 bits per heavy atom. The second-order valence-corrected chi connectivity index (χ2v) is 6.16. The number of aryl methyl sites for hydroxylation is 1. The lowest BCUT2D eigenvalue weighted by molar-refractivity contribution is 0.102. The summed E-state index contributed by atoms with van der Waals surface area (Å²) < 4.78 is 18.4. The van der Waals surface area contributed by atoms with Crippen molar-refractivity contribution in [2.45, 2.75) is 6.92 Å². The maximum absolute atomic E-state index is 13.3. The van der Waals surface area contributed by atoms with Crippen LogP contribution in [0.2, 0.25) is 0 Å².